The highest BCUT2D eigenvalue weighted by molar-refractivity contribution is 6.31. The topological polar surface area (TPSA) is 39.7 Å². The van der Waals surface area contributed by atoms with Crippen LogP contribution < -0.4 is 19.5 Å². The fourth-order valence-electron chi connectivity index (χ4n) is 2.92. The molecule has 3 aromatic carbocycles. The minimum Gasteiger partial charge on any atom is -0.489 e. The van der Waals surface area contributed by atoms with Crippen LogP contribution in [0.2, 0.25) is 5.02 Å². The Morgan fingerprint density at radius 1 is 0.857 bits per heavy atom. The highest BCUT2D eigenvalue weighted by Gasteiger charge is 2.12. The standard InChI is InChI=1S/C22H20ClNO3.ClH/c23-20-7-2-1-5-18(20)14-25-19-6-3-4-16(10-19)12-24-13-17-8-9-21-22(11-17)27-15-26-21;/h1-11,24H,12-15H2;1H. The molecule has 3 aromatic rings. The zero-order valence-electron chi connectivity index (χ0n) is 15.2. The van der Waals surface area contributed by atoms with E-state index in [1.165, 1.54) is 0 Å². The molecular weight excluding hydrogens is 397 g/mol. The predicted molar refractivity (Wildman–Crippen MR) is 113 cm³/mol. The highest BCUT2D eigenvalue weighted by Crippen LogP contribution is 2.32. The van der Waals surface area contributed by atoms with Crippen molar-refractivity contribution in [1.82, 2.24) is 5.32 Å². The van der Waals surface area contributed by atoms with Crippen molar-refractivity contribution in [3.63, 3.8) is 0 Å². The molecule has 1 aliphatic rings. The van der Waals surface area contributed by atoms with Gasteiger partial charge in [0, 0.05) is 23.7 Å². The largest absolute Gasteiger partial charge is 0.489 e. The van der Waals surface area contributed by atoms with Crippen LogP contribution in [0.15, 0.2) is 66.7 Å². The second-order valence-electron chi connectivity index (χ2n) is 6.32. The molecule has 1 heterocycles. The summed E-state index contributed by atoms with van der Waals surface area (Å²) in [6, 6.07) is 21.8. The van der Waals surface area contributed by atoms with Gasteiger partial charge in [-0.2, -0.15) is 0 Å². The van der Waals surface area contributed by atoms with Crippen molar-refractivity contribution >= 4 is 24.0 Å². The molecule has 0 bridgehead atoms. The van der Waals surface area contributed by atoms with E-state index in [-0.39, 0.29) is 12.4 Å². The number of hydrogen-bond donors (Lipinski definition) is 1. The second kappa shape index (κ2) is 9.69. The van der Waals surface area contributed by atoms with E-state index in [1.807, 2.05) is 60.7 Å². The van der Waals surface area contributed by atoms with E-state index in [0.717, 1.165) is 52.1 Å². The number of nitrogens with one attached hydrogen (secondary N) is 1. The smallest absolute Gasteiger partial charge is 0.231 e. The lowest BCUT2D eigenvalue weighted by molar-refractivity contribution is 0.174. The first-order chi connectivity index (χ1) is 13.3. The Morgan fingerprint density at radius 2 is 1.64 bits per heavy atom. The first-order valence-electron chi connectivity index (χ1n) is 8.82. The summed E-state index contributed by atoms with van der Waals surface area (Å²) in [5.41, 5.74) is 3.29. The van der Waals surface area contributed by atoms with Crippen LogP contribution in [-0.4, -0.2) is 6.79 Å². The molecule has 0 spiro atoms. The molecule has 146 valence electrons. The maximum absolute atomic E-state index is 6.18. The molecule has 28 heavy (non-hydrogen) atoms. The van der Waals surface area contributed by atoms with Gasteiger partial charge in [0.2, 0.25) is 6.79 Å². The van der Waals surface area contributed by atoms with E-state index in [0.29, 0.717) is 13.4 Å². The number of hydrogen-bond acceptors (Lipinski definition) is 4. The van der Waals surface area contributed by atoms with Gasteiger partial charge in [0.1, 0.15) is 12.4 Å². The average molecular weight is 418 g/mol. The van der Waals surface area contributed by atoms with Gasteiger partial charge in [-0.15, -0.1) is 12.4 Å². The molecule has 0 aliphatic carbocycles. The molecule has 0 radical (unpaired) electrons. The van der Waals surface area contributed by atoms with Gasteiger partial charge in [-0.3, -0.25) is 0 Å². The lowest BCUT2D eigenvalue weighted by atomic mass is 10.2. The predicted octanol–water partition coefficient (Wildman–Crippen LogP) is 5.36. The maximum Gasteiger partial charge on any atom is 0.231 e. The van der Waals surface area contributed by atoms with Gasteiger partial charge in [-0.05, 0) is 41.5 Å². The molecule has 0 saturated heterocycles. The van der Waals surface area contributed by atoms with Crippen LogP contribution in [-0.2, 0) is 19.7 Å². The van der Waals surface area contributed by atoms with Gasteiger partial charge in [0.15, 0.2) is 11.5 Å². The molecule has 0 saturated carbocycles. The number of benzene rings is 3. The highest BCUT2D eigenvalue weighted by atomic mass is 35.5. The van der Waals surface area contributed by atoms with Crippen LogP contribution in [0, 0.1) is 0 Å². The number of halogens is 2. The normalized spacial score (nSPS) is 11.8. The molecule has 0 amide bonds. The molecule has 0 aromatic heterocycles. The fraction of sp³-hybridized carbons (Fsp3) is 0.182. The minimum atomic E-state index is 0. The quantitative estimate of drug-likeness (QED) is 0.561. The zero-order chi connectivity index (χ0) is 18.5. The van der Waals surface area contributed by atoms with E-state index in [2.05, 4.69) is 11.4 Å². The van der Waals surface area contributed by atoms with Crippen LogP contribution in [0.1, 0.15) is 16.7 Å². The zero-order valence-corrected chi connectivity index (χ0v) is 16.8. The Labute approximate surface area is 175 Å². The molecule has 0 unspecified atom stereocenters. The first-order valence-corrected chi connectivity index (χ1v) is 9.20. The number of ether oxygens (including phenoxy) is 3. The molecule has 1 N–H and O–H groups in total. The third kappa shape index (κ3) is 5.10. The van der Waals surface area contributed by atoms with Gasteiger partial charge in [0.25, 0.3) is 0 Å². The van der Waals surface area contributed by atoms with Crippen molar-refractivity contribution in [1.29, 1.82) is 0 Å². The van der Waals surface area contributed by atoms with Gasteiger partial charge in [-0.1, -0.05) is 48.0 Å². The molecule has 0 fully saturated rings. The van der Waals surface area contributed by atoms with Crippen molar-refractivity contribution in [2.24, 2.45) is 0 Å². The molecule has 4 rings (SSSR count). The summed E-state index contributed by atoms with van der Waals surface area (Å²) < 4.78 is 16.6. The van der Waals surface area contributed by atoms with E-state index < -0.39 is 0 Å². The molecule has 4 nitrogen and oxygen atoms in total. The summed E-state index contributed by atoms with van der Waals surface area (Å²) in [5, 5.41) is 4.17. The Kier molecular flexibility index (Phi) is 7.04. The van der Waals surface area contributed by atoms with Crippen LogP contribution >= 0.6 is 24.0 Å². The van der Waals surface area contributed by atoms with E-state index in [1.54, 1.807) is 0 Å². The van der Waals surface area contributed by atoms with Crippen molar-refractivity contribution in [3.05, 3.63) is 88.4 Å². The average Bonchev–Trinajstić information content (AvgIpc) is 3.16. The monoisotopic (exact) mass is 417 g/mol. The van der Waals surface area contributed by atoms with E-state index in [9.17, 15) is 0 Å². The van der Waals surface area contributed by atoms with Crippen molar-refractivity contribution in [3.8, 4) is 17.2 Å². The van der Waals surface area contributed by atoms with Crippen LogP contribution in [0.25, 0.3) is 0 Å². The maximum atomic E-state index is 6.18. The minimum absolute atomic E-state index is 0. The Balaban J connectivity index is 0.00000225. The summed E-state index contributed by atoms with van der Waals surface area (Å²) in [7, 11) is 0. The lowest BCUT2D eigenvalue weighted by Gasteiger charge is -2.10. The summed E-state index contributed by atoms with van der Waals surface area (Å²) >= 11 is 6.18. The van der Waals surface area contributed by atoms with Crippen LogP contribution in [0.5, 0.6) is 17.2 Å². The molecule has 0 atom stereocenters. The first kappa shape index (κ1) is 20.3. The van der Waals surface area contributed by atoms with Gasteiger partial charge in [-0.25, -0.2) is 0 Å². The Hall–Kier alpha value is -2.40. The summed E-state index contributed by atoms with van der Waals surface area (Å²) in [6.07, 6.45) is 0. The second-order valence-corrected chi connectivity index (χ2v) is 6.73. The van der Waals surface area contributed by atoms with Crippen molar-refractivity contribution in [2.75, 3.05) is 6.79 Å². The lowest BCUT2D eigenvalue weighted by Crippen LogP contribution is -2.12. The molecule has 6 heteroatoms. The van der Waals surface area contributed by atoms with Gasteiger partial charge < -0.3 is 19.5 Å². The van der Waals surface area contributed by atoms with E-state index >= 15 is 0 Å². The summed E-state index contributed by atoms with van der Waals surface area (Å²) in [4.78, 5) is 0. The van der Waals surface area contributed by atoms with Gasteiger partial charge in [0.05, 0.1) is 0 Å². The third-order valence-corrected chi connectivity index (χ3v) is 4.71. The van der Waals surface area contributed by atoms with Crippen LogP contribution in [0.3, 0.4) is 0 Å². The van der Waals surface area contributed by atoms with Crippen LogP contribution in [0.4, 0.5) is 0 Å². The van der Waals surface area contributed by atoms with E-state index in [4.69, 9.17) is 25.8 Å². The fourth-order valence-corrected chi connectivity index (χ4v) is 3.11. The number of rotatable bonds is 7. The third-order valence-electron chi connectivity index (χ3n) is 4.35. The Morgan fingerprint density at radius 3 is 2.50 bits per heavy atom. The Bertz CT molecular complexity index is 933. The molecular formula is C22H21Cl2NO3. The summed E-state index contributed by atoms with van der Waals surface area (Å²) in [6.45, 7) is 2.25. The SMILES string of the molecule is Cl.Clc1ccccc1COc1cccc(CNCc2ccc3c(c2)OCO3)c1. The van der Waals surface area contributed by atoms with Crippen molar-refractivity contribution < 1.29 is 14.2 Å². The summed E-state index contributed by atoms with van der Waals surface area (Å²) in [5.74, 6) is 2.45. The number of fused-ring (bicyclic) bond motifs is 1. The van der Waals surface area contributed by atoms with Crippen molar-refractivity contribution in [2.45, 2.75) is 19.7 Å². The van der Waals surface area contributed by atoms with Gasteiger partial charge >= 0.3 is 0 Å². The molecule has 1 aliphatic heterocycles.